The van der Waals surface area contributed by atoms with E-state index in [4.69, 9.17) is 14.2 Å². The average Bonchev–Trinajstić information content (AvgIpc) is 2.57. The predicted molar refractivity (Wildman–Crippen MR) is 111 cm³/mol. The summed E-state index contributed by atoms with van der Waals surface area (Å²) in [6, 6.07) is 10.0. The summed E-state index contributed by atoms with van der Waals surface area (Å²) >= 11 is 2.49. The van der Waals surface area contributed by atoms with Crippen molar-refractivity contribution >= 4 is 28.6 Å². The molecule has 0 bridgehead atoms. The van der Waals surface area contributed by atoms with Gasteiger partial charge in [-0.15, -0.1) is 0 Å². The second kappa shape index (κ2) is 10.6. The van der Waals surface area contributed by atoms with Crippen LogP contribution in [0.5, 0.6) is 0 Å². The number of esters is 1. The van der Waals surface area contributed by atoms with Gasteiger partial charge >= 0.3 is 5.97 Å². The Morgan fingerprint density at radius 3 is 2.62 bits per heavy atom. The SMILES string of the molecule is CC(C)(C)O[C@@H]1C[C@H](COCc2ccccc2)OC(=O)CCCC[C@@H]1I. The normalized spacial score (nSPS) is 25.5. The van der Waals surface area contributed by atoms with Gasteiger partial charge in [0.05, 0.1) is 24.9 Å². The molecule has 0 N–H and O–H groups in total. The van der Waals surface area contributed by atoms with Crippen LogP contribution in [-0.2, 0) is 25.6 Å². The summed E-state index contributed by atoms with van der Waals surface area (Å²) < 4.78 is 18.3. The van der Waals surface area contributed by atoms with E-state index in [0.29, 0.717) is 30.0 Å². The van der Waals surface area contributed by atoms with E-state index in [1.54, 1.807) is 0 Å². The Balaban J connectivity index is 1.99. The lowest BCUT2D eigenvalue weighted by Crippen LogP contribution is -2.39. The van der Waals surface area contributed by atoms with Gasteiger partial charge in [-0.05, 0) is 39.2 Å². The van der Waals surface area contributed by atoms with Crippen LogP contribution in [0.15, 0.2) is 30.3 Å². The summed E-state index contributed by atoms with van der Waals surface area (Å²) in [7, 11) is 0. The number of hydrogen-bond donors (Lipinski definition) is 0. The molecule has 0 aromatic heterocycles. The molecule has 0 amide bonds. The Hall–Kier alpha value is -0.660. The first-order valence-corrected chi connectivity index (χ1v) is 10.7. The summed E-state index contributed by atoms with van der Waals surface area (Å²) in [5.74, 6) is -0.125. The average molecular weight is 474 g/mol. The third-order valence-electron chi connectivity index (χ3n) is 4.23. The van der Waals surface area contributed by atoms with E-state index in [2.05, 4.69) is 43.4 Å². The topological polar surface area (TPSA) is 44.8 Å². The van der Waals surface area contributed by atoms with Gasteiger partial charge in [0.15, 0.2) is 0 Å². The molecule has 0 spiro atoms. The quantitative estimate of drug-likeness (QED) is 0.340. The smallest absolute Gasteiger partial charge is 0.306 e. The molecule has 1 fully saturated rings. The molecule has 1 aliphatic heterocycles. The van der Waals surface area contributed by atoms with Crippen LogP contribution < -0.4 is 0 Å². The van der Waals surface area contributed by atoms with Crippen molar-refractivity contribution in [2.45, 2.75) is 81.2 Å². The molecule has 2 rings (SSSR count). The first kappa shape index (κ1) is 21.6. The first-order valence-electron chi connectivity index (χ1n) is 9.46. The van der Waals surface area contributed by atoms with Crippen molar-refractivity contribution in [2.24, 2.45) is 0 Å². The van der Waals surface area contributed by atoms with Crippen molar-refractivity contribution in [3.63, 3.8) is 0 Å². The number of hydrogen-bond acceptors (Lipinski definition) is 4. The highest BCUT2D eigenvalue weighted by Gasteiger charge is 2.30. The van der Waals surface area contributed by atoms with Gasteiger partial charge in [0, 0.05) is 16.8 Å². The van der Waals surface area contributed by atoms with E-state index in [1.165, 1.54) is 0 Å². The zero-order valence-electron chi connectivity index (χ0n) is 16.1. The molecule has 0 radical (unpaired) electrons. The monoisotopic (exact) mass is 474 g/mol. The van der Waals surface area contributed by atoms with Crippen molar-refractivity contribution in [1.82, 2.24) is 0 Å². The first-order chi connectivity index (χ1) is 12.3. The molecule has 1 heterocycles. The summed E-state index contributed by atoms with van der Waals surface area (Å²) in [6.07, 6.45) is 3.90. The molecule has 0 aliphatic carbocycles. The van der Waals surface area contributed by atoms with Crippen LogP contribution in [-0.4, -0.2) is 34.3 Å². The highest BCUT2D eigenvalue weighted by molar-refractivity contribution is 14.1. The van der Waals surface area contributed by atoms with Crippen LogP contribution in [0.3, 0.4) is 0 Å². The molecule has 4 nitrogen and oxygen atoms in total. The van der Waals surface area contributed by atoms with Crippen LogP contribution in [0.4, 0.5) is 0 Å². The second-order valence-electron chi connectivity index (χ2n) is 7.88. The summed E-state index contributed by atoms with van der Waals surface area (Å²) in [5, 5.41) is 0. The standard InChI is InChI=1S/C21H31IO4/c1-21(2,3)26-19-13-17(15-24-14-16-9-5-4-6-10-16)25-20(23)12-8-7-11-18(19)22/h4-6,9-10,17-19H,7-8,11-15H2,1-3H3/t17-,18+,19-/m1/s1. The molecular formula is C21H31IO4. The van der Waals surface area contributed by atoms with Crippen LogP contribution >= 0.6 is 22.6 Å². The predicted octanol–water partition coefficient (Wildman–Crippen LogP) is 5.07. The van der Waals surface area contributed by atoms with Crippen molar-refractivity contribution in [1.29, 1.82) is 0 Å². The fraction of sp³-hybridized carbons (Fsp3) is 0.667. The number of benzene rings is 1. The molecule has 26 heavy (non-hydrogen) atoms. The molecular weight excluding hydrogens is 443 g/mol. The number of alkyl halides is 1. The van der Waals surface area contributed by atoms with E-state index < -0.39 is 0 Å². The number of cyclic esters (lactones) is 1. The van der Waals surface area contributed by atoms with E-state index in [0.717, 1.165) is 24.8 Å². The van der Waals surface area contributed by atoms with Crippen LogP contribution in [0.25, 0.3) is 0 Å². The van der Waals surface area contributed by atoms with Crippen molar-refractivity contribution in [3.8, 4) is 0 Å². The third-order valence-corrected chi connectivity index (χ3v) is 5.65. The van der Waals surface area contributed by atoms with Gasteiger partial charge in [0.2, 0.25) is 0 Å². The van der Waals surface area contributed by atoms with Crippen molar-refractivity contribution in [2.75, 3.05) is 6.61 Å². The van der Waals surface area contributed by atoms with Gasteiger partial charge in [-0.2, -0.15) is 0 Å². The molecule has 1 aromatic rings. The Morgan fingerprint density at radius 2 is 1.92 bits per heavy atom. The Labute approximate surface area is 171 Å². The van der Waals surface area contributed by atoms with Crippen molar-refractivity contribution in [3.05, 3.63) is 35.9 Å². The zero-order chi connectivity index (χ0) is 19.0. The molecule has 1 saturated heterocycles. The second-order valence-corrected chi connectivity index (χ2v) is 9.48. The van der Waals surface area contributed by atoms with Gasteiger partial charge in [0.1, 0.15) is 6.10 Å². The fourth-order valence-electron chi connectivity index (χ4n) is 3.05. The number of ether oxygens (including phenoxy) is 3. The lowest BCUT2D eigenvalue weighted by molar-refractivity contribution is -0.157. The van der Waals surface area contributed by atoms with Gasteiger partial charge in [-0.1, -0.05) is 59.3 Å². The van der Waals surface area contributed by atoms with Crippen LogP contribution in [0, 0.1) is 0 Å². The fourth-order valence-corrected chi connectivity index (χ4v) is 3.94. The van der Waals surface area contributed by atoms with E-state index >= 15 is 0 Å². The number of carbonyl (C=O) groups excluding carboxylic acids is 1. The van der Waals surface area contributed by atoms with Crippen LogP contribution in [0.1, 0.15) is 58.4 Å². The van der Waals surface area contributed by atoms with E-state index in [1.807, 2.05) is 30.3 Å². The van der Waals surface area contributed by atoms with Crippen molar-refractivity contribution < 1.29 is 19.0 Å². The molecule has 0 saturated carbocycles. The van der Waals surface area contributed by atoms with E-state index in [9.17, 15) is 4.79 Å². The minimum absolute atomic E-state index is 0.0480. The molecule has 1 aromatic carbocycles. The van der Waals surface area contributed by atoms with Gasteiger partial charge in [-0.3, -0.25) is 4.79 Å². The Kier molecular flexibility index (Phi) is 8.84. The molecule has 146 valence electrons. The zero-order valence-corrected chi connectivity index (χ0v) is 18.2. The minimum Gasteiger partial charge on any atom is -0.460 e. The van der Waals surface area contributed by atoms with Gasteiger partial charge in [0.25, 0.3) is 0 Å². The molecule has 0 unspecified atom stereocenters. The maximum Gasteiger partial charge on any atom is 0.306 e. The maximum absolute atomic E-state index is 12.1. The largest absolute Gasteiger partial charge is 0.460 e. The number of rotatable bonds is 5. The Bertz CT molecular complexity index is 541. The Morgan fingerprint density at radius 1 is 1.19 bits per heavy atom. The van der Waals surface area contributed by atoms with Crippen LogP contribution in [0.2, 0.25) is 0 Å². The van der Waals surface area contributed by atoms with E-state index in [-0.39, 0.29) is 23.8 Å². The molecule has 3 atom stereocenters. The summed E-state index contributed by atoms with van der Waals surface area (Å²) in [5.41, 5.74) is 0.894. The lowest BCUT2D eigenvalue weighted by Gasteiger charge is -2.33. The summed E-state index contributed by atoms with van der Waals surface area (Å²) in [4.78, 5) is 12.1. The lowest BCUT2D eigenvalue weighted by atomic mass is 10.0. The molecule has 1 aliphatic rings. The maximum atomic E-state index is 12.1. The molecule has 5 heteroatoms. The summed E-state index contributed by atoms with van der Waals surface area (Å²) in [6.45, 7) is 7.13. The minimum atomic E-state index is -0.270. The number of halogens is 1. The highest BCUT2D eigenvalue weighted by atomic mass is 127. The number of carbonyl (C=O) groups is 1. The van der Waals surface area contributed by atoms with Gasteiger partial charge in [-0.25, -0.2) is 0 Å². The highest BCUT2D eigenvalue weighted by Crippen LogP contribution is 2.27. The van der Waals surface area contributed by atoms with Gasteiger partial charge < -0.3 is 14.2 Å². The third kappa shape index (κ3) is 8.35.